The molecule has 2 N–H and O–H groups in total. The van der Waals surface area contributed by atoms with Gasteiger partial charge < -0.3 is 24.3 Å². The maximum absolute atomic E-state index is 12.8. The molecule has 0 spiro atoms. The number of amides is 2. The van der Waals surface area contributed by atoms with Crippen molar-refractivity contribution in [2.24, 2.45) is 5.10 Å². The highest BCUT2D eigenvalue weighted by molar-refractivity contribution is 6.04. The highest BCUT2D eigenvalue weighted by Gasteiger charge is 2.18. The summed E-state index contributed by atoms with van der Waals surface area (Å²) < 4.78 is 21.5. The molecule has 0 saturated heterocycles. The van der Waals surface area contributed by atoms with Crippen LogP contribution < -0.4 is 29.7 Å². The zero-order chi connectivity index (χ0) is 29.4. The first-order valence-corrected chi connectivity index (χ1v) is 12.5. The molecule has 0 aromatic heterocycles. The van der Waals surface area contributed by atoms with Crippen LogP contribution in [-0.2, 0) is 4.79 Å². The first-order valence-electron chi connectivity index (χ1n) is 12.5. The number of carbonyl (C=O) groups is 3. The molecule has 41 heavy (non-hydrogen) atoms. The minimum absolute atomic E-state index is 0.214. The fourth-order valence-corrected chi connectivity index (χ4v) is 4.11. The van der Waals surface area contributed by atoms with Crippen molar-refractivity contribution in [2.75, 3.05) is 27.9 Å². The molecule has 4 rings (SSSR count). The number of carbonyl (C=O) groups excluding carboxylic acids is 3. The zero-order valence-electron chi connectivity index (χ0n) is 23.0. The third-order valence-electron chi connectivity index (χ3n) is 6.11. The van der Waals surface area contributed by atoms with E-state index in [0.29, 0.717) is 28.4 Å². The average Bonchev–Trinajstić information content (AvgIpc) is 2.99. The topological polar surface area (TPSA) is 125 Å². The molecule has 0 aliphatic rings. The molecule has 0 heterocycles. The number of esters is 1. The van der Waals surface area contributed by atoms with Gasteiger partial charge >= 0.3 is 5.97 Å². The number of hydrazone groups is 1. The van der Waals surface area contributed by atoms with E-state index in [1.54, 1.807) is 24.3 Å². The van der Waals surface area contributed by atoms with Gasteiger partial charge in [0.15, 0.2) is 11.5 Å². The SMILES string of the molecule is COc1cc(C(=O)NCC(=O)N/N=C/c2c(OC(=O)c3cccc(C)c3)ccc3ccccc23)cc(OC)c1OC. The van der Waals surface area contributed by atoms with Crippen molar-refractivity contribution in [3.05, 3.63) is 95.1 Å². The molecule has 10 heteroatoms. The van der Waals surface area contributed by atoms with Gasteiger partial charge in [0.25, 0.3) is 11.8 Å². The number of nitrogens with one attached hydrogen (secondary N) is 2. The van der Waals surface area contributed by atoms with Crippen LogP contribution in [0.5, 0.6) is 23.0 Å². The Morgan fingerprint density at radius 2 is 1.54 bits per heavy atom. The number of ether oxygens (including phenoxy) is 4. The van der Waals surface area contributed by atoms with Crippen molar-refractivity contribution in [3.8, 4) is 23.0 Å². The molecule has 2 amide bonds. The van der Waals surface area contributed by atoms with E-state index in [-0.39, 0.29) is 17.9 Å². The van der Waals surface area contributed by atoms with E-state index >= 15 is 0 Å². The molecule has 0 bridgehead atoms. The molecule has 0 atom stereocenters. The van der Waals surface area contributed by atoms with Crippen LogP contribution in [0.3, 0.4) is 0 Å². The molecule has 0 aliphatic carbocycles. The summed E-state index contributed by atoms with van der Waals surface area (Å²) in [5.41, 5.74) is 4.46. The normalized spacial score (nSPS) is 10.7. The third-order valence-corrected chi connectivity index (χ3v) is 6.11. The van der Waals surface area contributed by atoms with Gasteiger partial charge in [-0.2, -0.15) is 5.10 Å². The summed E-state index contributed by atoms with van der Waals surface area (Å²) in [6.07, 6.45) is 1.40. The van der Waals surface area contributed by atoms with Crippen LogP contribution in [0, 0.1) is 6.92 Å². The van der Waals surface area contributed by atoms with Crippen LogP contribution in [0.15, 0.2) is 77.9 Å². The van der Waals surface area contributed by atoms with Crippen LogP contribution in [-0.4, -0.2) is 51.9 Å². The molecule has 0 aliphatic heterocycles. The molecule has 10 nitrogen and oxygen atoms in total. The number of nitrogens with zero attached hydrogens (tertiary/aromatic N) is 1. The Labute approximate surface area is 236 Å². The van der Waals surface area contributed by atoms with E-state index < -0.39 is 17.8 Å². The van der Waals surface area contributed by atoms with Crippen molar-refractivity contribution >= 4 is 34.8 Å². The maximum atomic E-state index is 12.8. The lowest BCUT2D eigenvalue weighted by Crippen LogP contribution is -2.35. The summed E-state index contributed by atoms with van der Waals surface area (Å²) in [6, 6.07) is 21.1. The Hall–Kier alpha value is -5.38. The summed E-state index contributed by atoms with van der Waals surface area (Å²) >= 11 is 0. The lowest BCUT2D eigenvalue weighted by atomic mass is 10.0. The average molecular weight is 556 g/mol. The van der Waals surface area contributed by atoms with Crippen LogP contribution in [0.2, 0.25) is 0 Å². The van der Waals surface area contributed by atoms with E-state index in [9.17, 15) is 14.4 Å². The molecule has 0 saturated carbocycles. The van der Waals surface area contributed by atoms with E-state index in [0.717, 1.165) is 16.3 Å². The van der Waals surface area contributed by atoms with Crippen LogP contribution >= 0.6 is 0 Å². The minimum Gasteiger partial charge on any atom is -0.493 e. The lowest BCUT2D eigenvalue weighted by Gasteiger charge is -2.14. The van der Waals surface area contributed by atoms with Gasteiger partial charge in [-0.1, -0.05) is 48.0 Å². The Balaban J connectivity index is 1.46. The van der Waals surface area contributed by atoms with Crippen LogP contribution in [0.1, 0.15) is 31.8 Å². The predicted molar refractivity (Wildman–Crippen MR) is 154 cm³/mol. The van der Waals surface area contributed by atoms with Crippen LogP contribution in [0.25, 0.3) is 10.8 Å². The molecule has 4 aromatic carbocycles. The van der Waals surface area contributed by atoms with E-state index in [4.69, 9.17) is 18.9 Å². The molecule has 0 radical (unpaired) electrons. The minimum atomic E-state index is -0.569. The number of methoxy groups -OCH3 is 3. The van der Waals surface area contributed by atoms with Gasteiger partial charge in [-0.25, -0.2) is 10.2 Å². The Morgan fingerprint density at radius 3 is 2.22 bits per heavy atom. The van der Waals surface area contributed by atoms with Gasteiger partial charge in [0.1, 0.15) is 5.75 Å². The predicted octanol–water partition coefficient (Wildman–Crippen LogP) is 4.27. The molecular weight excluding hydrogens is 526 g/mol. The van der Waals surface area contributed by atoms with Gasteiger partial charge in [0, 0.05) is 11.1 Å². The largest absolute Gasteiger partial charge is 0.493 e. The molecule has 210 valence electrons. The summed E-state index contributed by atoms with van der Waals surface area (Å²) in [6.45, 7) is 1.54. The highest BCUT2D eigenvalue weighted by Crippen LogP contribution is 2.38. The molecule has 4 aromatic rings. The van der Waals surface area contributed by atoms with Crippen molar-refractivity contribution < 1.29 is 33.3 Å². The van der Waals surface area contributed by atoms with E-state index in [2.05, 4.69) is 15.8 Å². The molecule has 0 unspecified atom stereocenters. The smallest absolute Gasteiger partial charge is 0.343 e. The quantitative estimate of drug-likeness (QED) is 0.130. The Bertz CT molecular complexity index is 1610. The summed E-state index contributed by atoms with van der Waals surface area (Å²) in [5.74, 6) is -0.375. The highest BCUT2D eigenvalue weighted by atomic mass is 16.5. The van der Waals surface area contributed by atoms with Gasteiger partial charge in [-0.05, 0) is 48.0 Å². The monoisotopic (exact) mass is 555 g/mol. The molecular formula is C31H29N3O7. The fourth-order valence-electron chi connectivity index (χ4n) is 4.11. The first kappa shape index (κ1) is 28.6. The number of hydrogen-bond acceptors (Lipinski definition) is 8. The van der Waals surface area contributed by atoms with Crippen molar-refractivity contribution in [2.45, 2.75) is 6.92 Å². The second-order valence-electron chi connectivity index (χ2n) is 8.85. The number of fused-ring (bicyclic) bond motifs is 1. The van der Waals surface area contributed by atoms with Crippen molar-refractivity contribution in [3.63, 3.8) is 0 Å². The van der Waals surface area contributed by atoms with Gasteiger partial charge in [-0.15, -0.1) is 0 Å². The number of benzene rings is 4. The maximum Gasteiger partial charge on any atom is 0.343 e. The van der Waals surface area contributed by atoms with Crippen molar-refractivity contribution in [1.29, 1.82) is 0 Å². The second-order valence-corrected chi connectivity index (χ2v) is 8.85. The Morgan fingerprint density at radius 1 is 0.805 bits per heavy atom. The zero-order valence-corrected chi connectivity index (χ0v) is 23.0. The van der Waals surface area contributed by atoms with Crippen LogP contribution in [0.4, 0.5) is 0 Å². The van der Waals surface area contributed by atoms with Gasteiger partial charge in [0.2, 0.25) is 5.75 Å². The summed E-state index contributed by atoms with van der Waals surface area (Å²) in [7, 11) is 4.34. The Kier molecular flexibility index (Phi) is 9.16. The first-order chi connectivity index (χ1) is 19.8. The van der Waals surface area contributed by atoms with Gasteiger partial charge in [-0.3, -0.25) is 9.59 Å². The number of hydrogen-bond donors (Lipinski definition) is 2. The van der Waals surface area contributed by atoms with Crippen molar-refractivity contribution in [1.82, 2.24) is 10.7 Å². The molecule has 0 fully saturated rings. The van der Waals surface area contributed by atoms with E-state index in [1.807, 2.05) is 43.3 Å². The lowest BCUT2D eigenvalue weighted by molar-refractivity contribution is -0.120. The summed E-state index contributed by atoms with van der Waals surface area (Å²) in [5, 5.41) is 8.25. The number of aryl methyl sites for hydroxylation is 1. The summed E-state index contributed by atoms with van der Waals surface area (Å²) in [4.78, 5) is 38.0. The van der Waals surface area contributed by atoms with E-state index in [1.165, 1.54) is 39.7 Å². The fraction of sp³-hybridized carbons (Fsp3) is 0.161. The second kappa shape index (κ2) is 13.1. The number of rotatable bonds is 10. The van der Waals surface area contributed by atoms with Gasteiger partial charge in [0.05, 0.1) is 39.7 Å². The third kappa shape index (κ3) is 6.80. The standard InChI is InChI=1S/C31H29N3O7/c1-19-8-7-10-21(14-19)31(37)41-25-13-12-20-9-5-6-11-23(20)24(25)17-33-34-28(35)18-32-30(36)22-15-26(38-2)29(40-4)27(16-22)39-3/h5-17H,18H2,1-4H3,(H,32,36)(H,34,35)/b33-17+.